The van der Waals surface area contributed by atoms with Crippen LogP contribution in [0.5, 0.6) is 0 Å². The van der Waals surface area contributed by atoms with E-state index in [1.165, 1.54) is 0 Å². The Morgan fingerprint density at radius 3 is 2.42 bits per heavy atom. The number of hydrogen-bond donors (Lipinski definition) is 6. The average molecular weight is 588 g/mol. The monoisotopic (exact) mass is 587 g/mol. The molecule has 7 N–H and O–H groups in total. The van der Waals surface area contributed by atoms with E-state index in [0.717, 1.165) is 21.6 Å². The molecule has 4 rings (SSSR count). The Balaban J connectivity index is 1.37. The van der Waals surface area contributed by atoms with Gasteiger partial charge in [0.25, 0.3) is 0 Å². The smallest absolute Gasteiger partial charge is 0.413 e. The van der Waals surface area contributed by atoms with Gasteiger partial charge >= 0.3 is 18.2 Å². The Bertz CT molecular complexity index is 1600. The third kappa shape index (κ3) is 8.98. The number of carbonyl (C=O) groups excluding carboxylic acids is 2. The molecule has 0 saturated carbocycles. The Labute approximate surface area is 249 Å². The third-order valence-corrected chi connectivity index (χ3v) is 6.45. The summed E-state index contributed by atoms with van der Waals surface area (Å²) < 4.78 is 10.6. The molecule has 11 heteroatoms. The van der Waals surface area contributed by atoms with E-state index >= 15 is 0 Å². The van der Waals surface area contributed by atoms with Crippen LogP contribution in [0.3, 0.4) is 0 Å². The molecule has 3 aromatic rings. The van der Waals surface area contributed by atoms with Gasteiger partial charge in [-0.05, 0) is 73.0 Å². The maximum Gasteiger partial charge on any atom is 0.413 e. The van der Waals surface area contributed by atoms with Crippen LogP contribution in [0.1, 0.15) is 43.5 Å². The van der Waals surface area contributed by atoms with Crippen molar-refractivity contribution in [3.63, 3.8) is 0 Å². The molecule has 3 aromatic carbocycles. The number of anilines is 2. The highest BCUT2D eigenvalue weighted by Gasteiger charge is 2.21. The number of carboxylic acid groups (broad SMARTS) is 1. The van der Waals surface area contributed by atoms with Gasteiger partial charge in [0.05, 0.1) is 6.61 Å². The zero-order chi connectivity index (χ0) is 31.0. The van der Waals surface area contributed by atoms with Gasteiger partial charge in [-0.1, -0.05) is 42.5 Å². The molecule has 0 radical (unpaired) electrons. The summed E-state index contributed by atoms with van der Waals surface area (Å²) in [7, 11) is 0. The first-order chi connectivity index (χ1) is 20.5. The van der Waals surface area contributed by atoms with Crippen molar-refractivity contribution in [1.29, 1.82) is 0 Å². The Morgan fingerprint density at radius 1 is 0.953 bits per heavy atom. The molecule has 0 aromatic heterocycles. The zero-order valence-electron chi connectivity index (χ0n) is 24.4. The van der Waals surface area contributed by atoms with Crippen molar-refractivity contribution in [2.75, 3.05) is 23.8 Å². The number of amides is 2. The van der Waals surface area contributed by atoms with E-state index in [1.807, 2.05) is 30.3 Å². The summed E-state index contributed by atoms with van der Waals surface area (Å²) in [6.45, 7) is 6.38. The van der Waals surface area contributed by atoms with Crippen LogP contribution in [0.4, 0.5) is 21.0 Å². The summed E-state index contributed by atoms with van der Waals surface area (Å²) in [4.78, 5) is 36.6. The lowest BCUT2D eigenvalue weighted by molar-refractivity contribution is -0.138. The van der Waals surface area contributed by atoms with E-state index < -0.39 is 29.8 Å². The van der Waals surface area contributed by atoms with Crippen LogP contribution in [-0.2, 0) is 27.2 Å². The fraction of sp³-hybridized carbons (Fsp3) is 0.281. The third-order valence-electron chi connectivity index (χ3n) is 6.45. The quantitative estimate of drug-likeness (QED) is 0.209. The van der Waals surface area contributed by atoms with Gasteiger partial charge in [-0.15, -0.1) is 0 Å². The first-order valence-electron chi connectivity index (χ1n) is 13.9. The fourth-order valence-corrected chi connectivity index (χ4v) is 4.45. The van der Waals surface area contributed by atoms with Gasteiger partial charge in [-0.2, -0.15) is 0 Å². The number of rotatable bonds is 10. The van der Waals surface area contributed by atoms with Gasteiger partial charge in [-0.3, -0.25) is 10.6 Å². The molecule has 0 aliphatic carbocycles. The van der Waals surface area contributed by atoms with Gasteiger partial charge in [-0.25, -0.2) is 14.4 Å². The number of hydrogen-bond acceptors (Lipinski definition) is 8. The first-order valence-corrected chi connectivity index (χ1v) is 13.9. The molecule has 43 heavy (non-hydrogen) atoms. The molecule has 226 valence electrons. The van der Waals surface area contributed by atoms with Crippen molar-refractivity contribution < 1.29 is 29.0 Å². The highest BCUT2D eigenvalue weighted by Crippen LogP contribution is 2.20. The second-order valence-corrected chi connectivity index (χ2v) is 11.0. The number of alkyl carbamates (subject to hydrolysis) is 1. The van der Waals surface area contributed by atoms with Crippen LogP contribution in [-0.4, -0.2) is 42.0 Å². The lowest BCUT2D eigenvalue weighted by Gasteiger charge is -2.22. The molecule has 1 aliphatic rings. The van der Waals surface area contributed by atoms with Gasteiger partial charge in [0, 0.05) is 36.1 Å². The molecule has 1 aliphatic heterocycles. The Kier molecular flexibility index (Phi) is 9.89. The average Bonchev–Trinajstić information content (AvgIpc) is 2.95. The summed E-state index contributed by atoms with van der Waals surface area (Å²) in [5.41, 5.74) is 8.58. The zero-order valence-corrected chi connectivity index (χ0v) is 24.4. The maximum atomic E-state index is 12.3. The number of fused-ring (bicyclic) bond motifs is 1. The Hall–Kier alpha value is -5.03. The molecule has 1 unspecified atom stereocenters. The molecule has 0 bridgehead atoms. The summed E-state index contributed by atoms with van der Waals surface area (Å²) in [5.74, 6) is -0.514. The van der Waals surface area contributed by atoms with E-state index in [1.54, 1.807) is 63.2 Å². The largest absolute Gasteiger partial charge is 0.479 e. The second-order valence-electron chi connectivity index (χ2n) is 11.0. The van der Waals surface area contributed by atoms with Crippen LogP contribution < -0.4 is 37.4 Å². The van der Waals surface area contributed by atoms with Gasteiger partial charge in [0.15, 0.2) is 6.04 Å². The van der Waals surface area contributed by atoms with Crippen molar-refractivity contribution in [3.05, 3.63) is 93.9 Å². The van der Waals surface area contributed by atoms with E-state index in [9.17, 15) is 19.5 Å². The molecule has 2 amide bonds. The predicted molar refractivity (Wildman–Crippen MR) is 164 cm³/mol. The van der Waals surface area contributed by atoms with Crippen molar-refractivity contribution in [1.82, 2.24) is 10.6 Å². The lowest BCUT2D eigenvalue weighted by atomic mass is 10.0. The topological polar surface area (TPSA) is 164 Å². The number of benzene rings is 3. The maximum absolute atomic E-state index is 12.3. The minimum atomic E-state index is -1.03. The van der Waals surface area contributed by atoms with Crippen LogP contribution in [0, 0.1) is 0 Å². The van der Waals surface area contributed by atoms with E-state index in [2.05, 4.69) is 21.3 Å². The minimum Gasteiger partial charge on any atom is -0.479 e. The lowest BCUT2D eigenvalue weighted by Crippen LogP contribution is -2.45. The van der Waals surface area contributed by atoms with Crippen molar-refractivity contribution in [3.8, 4) is 0 Å². The van der Waals surface area contributed by atoms with Gasteiger partial charge in [0.1, 0.15) is 11.4 Å². The van der Waals surface area contributed by atoms with Crippen LogP contribution in [0.2, 0.25) is 0 Å². The fourth-order valence-electron chi connectivity index (χ4n) is 4.45. The molecule has 0 saturated heterocycles. The van der Waals surface area contributed by atoms with E-state index in [0.29, 0.717) is 42.3 Å². The Morgan fingerprint density at radius 2 is 1.72 bits per heavy atom. The molecule has 0 spiro atoms. The summed E-state index contributed by atoms with van der Waals surface area (Å²) in [6.07, 6.45) is 1.28. The molecular weight excluding hydrogens is 550 g/mol. The number of ether oxygens (including phenoxy) is 2. The minimum absolute atomic E-state index is 0.157. The summed E-state index contributed by atoms with van der Waals surface area (Å²) >= 11 is 0. The first kappa shape index (κ1) is 30.9. The SMILES string of the molecule is CC(C)(C)OC(=O)NC1=c2ccc(NC(C(=O)O)c3ccc(CCOC(=O)Nc4cccc(CN)c4)cc3)cc2=CCN1. The summed E-state index contributed by atoms with van der Waals surface area (Å²) in [6, 6.07) is 18.7. The van der Waals surface area contributed by atoms with Gasteiger partial charge in [0.2, 0.25) is 0 Å². The van der Waals surface area contributed by atoms with Gasteiger partial charge < -0.3 is 30.9 Å². The van der Waals surface area contributed by atoms with E-state index in [4.69, 9.17) is 15.2 Å². The highest BCUT2D eigenvalue weighted by atomic mass is 16.6. The number of carboxylic acids is 1. The summed E-state index contributed by atoms with van der Waals surface area (Å²) in [5, 5.41) is 23.2. The van der Waals surface area contributed by atoms with Crippen molar-refractivity contribution >= 4 is 41.4 Å². The second kappa shape index (κ2) is 13.8. The number of nitrogens with two attached hydrogens (primary N) is 1. The molecule has 0 fully saturated rings. The predicted octanol–water partition coefficient (Wildman–Crippen LogP) is 3.15. The normalized spacial score (nSPS) is 13.0. The standard InChI is InChI=1S/C32H37N5O6/c1-32(2,3)43-31(41)37-28-26-12-11-25(18-23(26)13-15-34-28)35-27(29(38)39)22-9-7-20(8-10-22)14-16-42-30(40)36-24-6-4-5-21(17-24)19-33/h4-13,17-18,27,34-35H,14-16,19,33H2,1-3H3,(H,36,40)(H,37,41)(H,38,39). The van der Waals surface area contributed by atoms with Crippen molar-refractivity contribution in [2.24, 2.45) is 5.73 Å². The molecule has 1 heterocycles. The van der Waals surface area contributed by atoms with Crippen LogP contribution >= 0.6 is 0 Å². The molecular formula is C32H37N5O6. The number of nitrogens with one attached hydrogen (secondary N) is 4. The number of carbonyl (C=O) groups is 3. The molecule has 11 nitrogen and oxygen atoms in total. The highest BCUT2D eigenvalue weighted by molar-refractivity contribution is 5.84. The molecule has 1 atom stereocenters. The van der Waals surface area contributed by atoms with Crippen LogP contribution in [0.25, 0.3) is 11.9 Å². The van der Waals surface area contributed by atoms with Crippen LogP contribution in [0.15, 0.2) is 66.7 Å². The van der Waals surface area contributed by atoms with E-state index in [-0.39, 0.29) is 6.61 Å². The van der Waals surface area contributed by atoms with Crippen molar-refractivity contribution in [2.45, 2.75) is 45.4 Å². The number of aliphatic carboxylic acids is 1.